The van der Waals surface area contributed by atoms with Gasteiger partial charge in [-0.2, -0.15) is 0 Å². The lowest BCUT2D eigenvalue weighted by atomic mass is 10.1. The van der Waals surface area contributed by atoms with E-state index >= 15 is 0 Å². The van der Waals surface area contributed by atoms with Crippen LogP contribution in [0.1, 0.15) is 29.6 Å². The largest absolute Gasteiger partial charge is 0.491 e. The second kappa shape index (κ2) is 7.16. The summed E-state index contributed by atoms with van der Waals surface area (Å²) in [7, 11) is 0. The summed E-state index contributed by atoms with van der Waals surface area (Å²) >= 11 is 0. The van der Waals surface area contributed by atoms with Crippen molar-refractivity contribution in [3.05, 3.63) is 60.2 Å². The van der Waals surface area contributed by atoms with Crippen molar-refractivity contribution >= 4 is 16.8 Å². The molecule has 29 heavy (non-hydrogen) atoms. The van der Waals surface area contributed by atoms with Gasteiger partial charge in [-0.3, -0.25) is 9.69 Å². The molecule has 2 fully saturated rings. The molecule has 2 aromatic carbocycles. The highest BCUT2D eigenvalue weighted by atomic mass is 16.5. The lowest BCUT2D eigenvalue weighted by Crippen LogP contribution is -2.26. The highest BCUT2D eigenvalue weighted by Crippen LogP contribution is 2.52. The van der Waals surface area contributed by atoms with Crippen LogP contribution in [-0.2, 0) is 0 Å². The van der Waals surface area contributed by atoms with Crippen LogP contribution in [0, 0.1) is 5.41 Å². The SMILES string of the molecule is NC(=O)c1cccc2c(OCCN3CCC4(CC4)C3)cc(-c3ccccc3)nc12. The van der Waals surface area contributed by atoms with Crippen molar-refractivity contribution in [2.45, 2.75) is 19.3 Å². The number of hydrogen-bond donors (Lipinski definition) is 1. The number of carbonyl (C=O) groups is 1. The van der Waals surface area contributed by atoms with Gasteiger partial charge in [-0.15, -0.1) is 0 Å². The summed E-state index contributed by atoms with van der Waals surface area (Å²) in [6.07, 6.45) is 4.09. The molecule has 1 aliphatic carbocycles. The zero-order chi connectivity index (χ0) is 19.8. The molecule has 0 radical (unpaired) electrons. The van der Waals surface area contributed by atoms with Crippen molar-refractivity contribution in [3.8, 4) is 17.0 Å². The van der Waals surface area contributed by atoms with Crippen LogP contribution in [0.5, 0.6) is 5.75 Å². The fourth-order valence-electron chi connectivity index (χ4n) is 4.38. The van der Waals surface area contributed by atoms with Crippen LogP contribution < -0.4 is 10.5 Å². The van der Waals surface area contributed by atoms with Crippen molar-refractivity contribution in [1.82, 2.24) is 9.88 Å². The number of aromatic nitrogens is 1. The first-order valence-corrected chi connectivity index (χ1v) is 10.3. The Morgan fingerprint density at radius 3 is 2.66 bits per heavy atom. The molecule has 1 aliphatic heterocycles. The van der Waals surface area contributed by atoms with Gasteiger partial charge in [0.1, 0.15) is 12.4 Å². The molecule has 1 aromatic heterocycles. The predicted molar refractivity (Wildman–Crippen MR) is 114 cm³/mol. The molecular formula is C24H25N3O2. The molecule has 2 N–H and O–H groups in total. The van der Waals surface area contributed by atoms with E-state index in [1.165, 1.54) is 32.4 Å². The number of hydrogen-bond acceptors (Lipinski definition) is 4. The van der Waals surface area contributed by atoms with Crippen LogP contribution in [0.4, 0.5) is 0 Å². The lowest BCUT2D eigenvalue weighted by molar-refractivity contribution is 0.100. The Morgan fingerprint density at radius 2 is 1.93 bits per heavy atom. The number of ether oxygens (including phenoxy) is 1. The van der Waals surface area contributed by atoms with E-state index in [4.69, 9.17) is 15.5 Å². The summed E-state index contributed by atoms with van der Waals surface area (Å²) in [5.41, 5.74) is 9.00. The van der Waals surface area contributed by atoms with Crippen molar-refractivity contribution < 1.29 is 9.53 Å². The van der Waals surface area contributed by atoms with E-state index in [1.54, 1.807) is 6.07 Å². The normalized spacial score (nSPS) is 17.7. The quantitative estimate of drug-likeness (QED) is 0.697. The van der Waals surface area contributed by atoms with Gasteiger partial charge in [0.2, 0.25) is 0 Å². The van der Waals surface area contributed by atoms with E-state index < -0.39 is 5.91 Å². The van der Waals surface area contributed by atoms with Gasteiger partial charge in [0, 0.05) is 30.1 Å². The van der Waals surface area contributed by atoms with Crippen molar-refractivity contribution in [1.29, 1.82) is 0 Å². The molecule has 1 saturated heterocycles. The molecular weight excluding hydrogens is 362 g/mol. The summed E-state index contributed by atoms with van der Waals surface area (Å²) in [6, 6.07) is 17.4. The highest BCUT2D eigenvalue weighted by Gasteiger charge is 2.47. The number of para-hydroxylation sites is 1. The summed E-state index contributed by atoms with van der Waals surface area (Å²) in [4.78, 5) is 19.2. The van der Waals surface area contributed by atoms with Crippen LogP contribution in [-0.4, -0.2) is 42.0 Å². The molecule has 1 spiro atoms. The van der Waals surface area contributed by atoms with E-state index in [0.717, 1.165) is 28.9 Å². The number of benzene rings is 2. The molecule has 0 atom stereocenters. The maximum Gasteiger partial charge on any atom is 0.250 e. The number of rotatable bonds is 6. The molecule has 148 valence electrons. The minimum atomic E-state index is -0.481. The Hall–Kier alpha value is -2.92. The van der Waals surface area contributed by atoms with Crippen LogP contribution in [0.3, 0.4) is 0 Å². The molecule has 5 nitrogen and oxygen atoms in total. The Kier molecular flexibility index (Phi) is 4.47. The van der Waals surface area contributed by atoms with E-state index in [9.17, 15) is 4.79 Å². The molecule has 3 aromatic rings. The first-order chi connectivity index (χ1) is 14.1. The molecule has 1 amide bonds. The lowest BCUT2D eigenvalue weighted by Gasteiger charge is -2.17. The Labute approximate surface area is 170 Å². The summed E-state index contributed by atoms with van der Waals surface area (Å²) in [5.74, 6) is 0.267. The first kappa shape index (κ1) is 18.1. The van der Waals surface area contributed by atoms with E-state index in [2.05, 4.69) is 4.90 Å². The maximum atomic E-state index is 12.0. The van der Waals surface area contributed by atoms with Gasteiger partial charge in [-0.05, 0) is 43.4 Å². The molecule has 2 aliphatic rings. The number of amides is 1. The number of pyridine rings is 1. The molecule has 2 heterocycles. The van der Waals surface area contributed by atoms with Crippen molar-refractivity contribution in [2.24, 2.45) is 11.1 Å². The predicted octanol–water partition coefficient (Wildman–Crippen LogP) is 3.87. The number of primary amides is 1. The topological polar surface area (TPSA) is 68.5 Å². The number of fused-ring (bicyclic) bond motifs is 1. The van der Waals surface area contributed by atoms with Gasteiger partial charge >= 0.3 is 0 Å². The minimum absolute atomic E-state index is 0.417. The number of nitrogens with zero attached hydrogens (tertiary/aromatic N) is 2. The average molecular weight is 387 g/mol. The molecule has 0 bridgehead atoms. The Morgan fingerprint density at radius 1 is 1.10 bits per heavy atom. The van der Waals surface area contributed by atoms with E-state index in [-0.39, 0.29) is 0 Å². The van der Waals surface area contributed by atoms with Gasteiger partial charge in [0.25, 0.3) is 5.91 Å². The van der Waals surface area contributed by atoms with Gasteiger partial charge in [0.05, 0.1) is 16.8 Å². The molecule has 0 unspecified atom stereocenters. The van der Waals surface area contributed by atoms with Crippen molar-refractivity contribution in [2.75, 3.05) is 26.2 Å². The molecule has 1 saturated carbocycles. The fraction of sp³-hybridized carbons (Fsp3) is 0.333. The highest BCUT2D eigenvalue weighted by molar-refractivity contribution is 6.06. The summed E-state index contributed by atoms with van der Waals surface area (Å²) in [6.45, 7) is 3.90. The van der Waals surface area contributed by atoms with Gasteiger partial charge in [0.15, 0.2) is 0 Å². The number of likely N-dealkylation sites (tertiary alicyclic amines) is 1. The summed E-state index contributed by atoms with van der Waals surface area (Å²) in [5, 5.41) is 0.820. The molecule has 5 rings (SSSR count). The fourth-order valence-corrected chi connectivity index (χ4v) is 4.38. The summed E-state index contributed by atoms with van der Waals surface area (Å²) < 4.78 is 6.23. The third-order valence-corrected chi connectivity index (χ3v) is 6.28. The van der Waals surface area contributed by atoms with Gasteiger partial charge < -0.3 is 10.5 Å². The van der Waals surface area contributed by atoms with Crippen LogP contribution in [0.15, 0.2) is 54.6 Å². The number of nitrogens with two attached hydrogens (primary N) is 1. The monoisotopic (exact) mass is 387 g/mol. The maximum absolute atomic E-state index is 12.0. The third-order valence-electron chi connectivity index (χ3n) is 6.28. The van der Waals surface area contributed by atoms with Gasteiger partial charge in [-0.25, -0.2) is 4.98 Å². The Bertz CT molecular complexity index is 1060. The second-order valence-electron chi connectivity index (χ2n) is 8.31. The third kappa shape index (κ3) is 3.58. The molecule has 5 heteroatoms. The van der Waals surface area contributed by atoms with E-state index in [0.29, 0.717) is 23.1 Å². The zero-order valence-corrected chi connectivity index (χ0v) is 16.4. The Balaban J connectivity index is 1.45. The second-order valence-corrected chi connectivity index (χ2v) is 8.31. The number of carbonyl (C=O) groups excluding carboxylic acids is 1. The van der Waals surface area contributed by atoms with Gasteiger partial charge in [-0.1, -0.05) is 36.4 Å². The van der Waals surface area contributed by atoms with Crippen LogP contribution >= 0.6 is 0 Å². The zero-order valence-electron chi connectivity index (χ0n) is 16.4. The first-order valence-electron chi connectivity index (χ1n) is 10.3. The van der Waals surface area contributed by atoms with E-state index in [1.807, 2.05) is 48.5 Å². The van der Waals surface area contributed by atoms with Crippen molar-refractivity contribution in [3.63, 3.8) is 0 Å². The average Bonchev–Trinajstić information content (AvgIpc) is 3.38. The van der Waals surface area contributed by atoms with Crippen LogP contribution in [0.25, 0.3) is 22.2 Å². The van der Waals surface area contributed by atoms with Crippen LogP contribution in [0.2, 0.25) is 0 Å². The standard InChI is InChI=1S/C24H25N3O2/c25-23(28)19-8-4-7-18-21(29-14-13-27-12-11-24(16-27)9-10-24)15-20(26-22(18)19)17-5-2-1-3-6-17/h1-8,15H,9-14,16H2,(H2,25,28). The smallest absolute Gasteiger partial charge is 0.250 e. The minimum Gasteiger partial charge on any atom is -0.491 e.